The molecule has 0 bridgehead atoms. The van der Waals surface area contributed by atoms with Crippen LogP contribution in [0.3, 0.4) is 0 Å². The first-order chi connectivity index (χ1) is 11.9. The van der Waals surface area contributed by atoms with E-state index in [2.05, 4.69) is 33.0 Å². The maximum absolute atomic E-state index is 14.8. The van der Waals surface area contributed by atoms with E-state index in [4.69, 9.17) is 0 Å². The molecule has 1 aliphatic rings. The SMILES string of the molecule is CCC1(CC)SC(C)(C)N[C@H]1P(=O)(c1ccccc1)c1ccccc1. The Labute approximate surface area is 156 Å². The van der Waals surface area contributed by atoms with Gasteiger partial charge in [0.25, 0.3) is 0 Å². The second-order valence-electron chi connectivity index (χ2n) is 7.26. The van der Waals surface area contributed by atoms with E-state index in [1.807, 2.05) is 72.4 Å². The van der Waals surface area contributed by atoms with Gasteiger partial charge in [-0.05, 0) is 26.7 Å². The Bertz CT molecular complexity index is 712. The first kappa shape index (κ1) is 18.8. The normalized spacial score (nSPS) is 22.0. The van der Waals surface area contributed by atoms with Crippen LogP contribution in [0.15, 0.2) is 60.7 Å². The van der Waals surface area contributed by atoms with Gasteiger partial charge in [0.05, 0.1) is 10.7 Å². The van der Waals surface area contributed by atoms with Gasteiger partial charge in [-0.3, -0.25) is 5.32 Å². The molecule has 1 fully saturated rings. The molecule has 4 heteroatoms. The highest BCUT2D eigenvalue weighted by Gasteiger charge is 2.57. The molecule has 2 aromatic rings. The Kier molecular flexibility index (Phi) is 5.21. The van der Waals surface area contributed by atoms with E-state index in [0.717, 1.165) is 23.5 Å². The third-order valence-corrected chi connectivity index (χ3v) is 10.8. The molecule has 1 N–H and O–H groups in total. The highest BCUT2D eigenvalue weighted by Crippen LogP contribution is 2.62. The zero-order valence-electron chi connectivity index (χ0n) is 15.5. The Morgan fingerprint density at radius 2 is 1.36 bits per heavy atom. The highest BCUT2D eigenvalue weighted by atomic mass is 32.2. The highest BCUT2D eigenvalue weighted by molar-refractivity contribution is 8.03. The molecule has 0 aliphatic carbocycles. The van der Waals surface area contributed by atoms with Gasteiger partial charge in [0.15, 0.2) is 7.14 Å². The fourth-order valence-electron chi connectivity index (χ4n) is 4.00. The van der Waals surface area contributed by atoms with Crippen LogP contribution >= 0.6 is 18.9 Å². The van der Waals surface area contributed by atoms with Gasteiger partial charge in [0.2, 0.25) is 0 Å². The van der Waals surface area contributed by atoms with E-state index in [1.54, 1.807) is 0 Å². The molecule has 0 unspecified atom stereocenters. The molecule has 0 amide bonds. The molecule has 1 saturated heterocycles. The van der Waals surface area contributed by atoms with Gasteiger partial charge >= 0.3 is 0 Å². The molecule has 1 aliphatic heterocycles. The van der Waals surface area contributed by atoms with Crippen LogP contribution in [0.25, 0.3) is 0 Å². The van der Waals surface area contributed by atoms with Gasteiger partial charge in [-0.15, -0.1) is 11.8 Å². The Morgan fingerprint density at radius 3 is 1.76 bits per heavy atom. The number of benzene rings is 2. The average Bonchev–Trinajstić information content (AvgIpc) is 2.94. The molecule has 25 heavy (non-hydrogen) atoms. The van der Waals surface area contributed by atoms with Crippen molar-refractivity contribution >= 4 is 29.5 Å². The van der Waals surface area contributed by atoms with E-state index in [9.17, 15) is 4.57 Å². The van der Waals surface area contributed by atoms with Crippen molar-refractivity contribution in [3.05, 3.63) is 60.7 Å². The summed E-state index contributed by atoms with van der Waals surface area (Å²) in [5.74, 6) is -0.0696. The predicted molar refractivity (Wildman–Crippen MR) is 112 cm³/mol. The summed E-state index contributed by atoms with van der Waals surface area (Å²) in [4.78, 5) is -0.0874. The molecule has 1 heterocycles. The van der Waals surface area contributed by atoms with Crippen LogP contribution in [0.4, 0.5) is 0 Å². The van der Waals surface area contributed by atoms with E-state index in [0.29, 0.717) is 0 Å². The molecule has 134 valence electrons. The molecular formula is C21H28NOPS. The number of rotatable bonds is 5. The minimum atomic E-state index is -2.84. The van der Waals surface area contributed by atoms with E-state index >= 15 is 0 Å². The Morgan fingerprint density at radius 1 is 0.920 bits per heavy atom. The van der Waals surface area contributed by atoms with Crippen LogP contribution in [-0.4, -0.2) is 15.4 Å². The van der Waals surface area contributed by atoms with E-state index < -0.39 is 7.14 Å². The minimum absolute atomic E-state index is 0.0370. The van der Waals surface area contributed by atoms with E-state index in [1.165, 1.54) is 0 Å². The number of nitrogens with one attached hydrogen (secondary N) is 1. The predicted octanol–water partition coefficient (Wildman–Crippen LogP) is 4.96. The lowest BCUT2D eigenvalue weighted by atomic mass is 10.0. The maximum atomic E-state index is 14.8. The minimum Gasteiger partial charge on any atom is -0.312 e. The maximum Gasteiger partial charge on any atom is 0.160 e. The van der Waals surface area contributed by atoms with Gasteiger partial charge in [-0.2, -0.15) is 0 Å². The molecule has 2 nitrogen and oxygen atoms in total. The Balaban J connectivity index is 2.24. The summed E-state index contributed by atoms with van der Waals surface area (Å²) >= 11 is 1.96. The number of thioether (sulfide) groups is 1. The third-order valence-electron chi connectivity index (χ3n) is 5.28. The smallest absolute Gasteiger partial charge is 0.160 e. The van der Waals surface area contributed by atoms with Crippen molar-refractivity contribution in [3.8, 4) is 0 Å². The van der Waals surface area contributed by atoms with Crippen molar-refractivity contribution in [1.82, 2.24) is 5.32 Å². The van der Waals surface area contributed by atoms with Crippen LogP contribution in [0.1, 0.15) is 40.5 Å². The molecule has 0 spiro atoms. The lowest BCUT2D eigenvalue weighted by Crippen LogP contribution is -2.47. The van der Waals surface area contributed by atoms with Crippen molar-refractivity contribution < 1.29 is 4.57 Å². The topological polar surface area (TPSA) is 29.1 Å². The first-order valence-electron chi connectivity index (χ1n) is 9.07. The monoisotopic (exact) mass is 373 g/mol. The van der Waals surface area contributed by atoms with Crippen molar-refractivity contribution in [3.63, 3.8) is 0 Å². The first-order valence-corrected chi connectivity index (χ1v) is 11.7. The second-order valence-corrected chi connectivity index (χ2v) is 12.2. The summed E-state index contributed by atoms with van der Waals surface area (Å²) in [5, 5.41) is 5.66. The summed E-state index contributed by atoms with van der Waals surface area (Å²) < 4.78 is 14.7. The van der Waals surface area contributed by atoms with Crippen molar-refractivity contribution in [2.24, 2.45) is 0 Å². The molecule has 0 aromatic heterocycles. The van der Waals surface area contributed by atoms with Crippen LogP contribution in [0.2, 0.25) is 0 Å². The summed E-state index contributed by atoms with van der Waals surface area (Å²) in [6.07, 6.45) is 2.00. The fourth-order valence-corrected chi connectivity index (χ4v) is 10.0. The van der Waals surface area contributed by atoms with Crippen LogP contribution in [0, 0.1) is 0 Å². The zero-order valence-corrected chi connectivity index (χ0v) is 17.2. The van der Waals surface area contributed by atoms with E-state index in [-0.39, 0.29) is 15.4 Å². The van der Waals surface area contributed by atoms with Crippen molar-refractivity contribution in [2.45, 2.75) is 55.9 Å². The molecule has 0 saturated carbocycles. The standard InChI is InChI=1S/C21H28NOPS/c1-5-21(6-2)19(22-20(3,4)25-21)24(23,17-13-9-7-10-14-17)18-15-11-8-12-16-18/h7-16,19,22H,5-6H2,1-4H3/t19-/m0/s1. The third kappa shape index (κ3) is 3.23. The van der Waals surface area contributed by atoms with Crippen LogP contribution in [0.5, 0.6) is 0 Å². The summed E-state index contributed by atoms with van der Waals surface area (Å²) in [6.45, 7) is 8.87. The molecule has 0 radical (unpaired) electrons. The molecule has 3 rings (SSSR count). The summed E-state index contributed by atoms with van der Waals surface area (Å²) in [5.41, 5.74) is 0. The second kappa shape index (κ2) is 6.95. The molecule has 2 aromatic carbocycles. The van der Waals surface area contributed by atoms with Crippen LogP contribution < -0.4 is 15.9 Å². The zero-order chi connectivity index (χ0) is 18.1. The lowest BCUT2D eigenvalue weighted by molar-refractivity contribution is 0.444. The van der Waals surface area contributed by atoms with Crippen LogP contribution in [-0.2, 0) is 4.57 Å². The lowest BCUT2D eigenvalue weighted by Gasteiger charge is -2.37. The van der Waals surface area contributed by atoms with Gasteiger partial charge in [0, 0.05) is 15.4 Å². The number of hydrogen-bond acceptors (Lipinski definition) is 3. The fraction of sp³-hybridized carbons (Fsp3) is 0.429. The largest absolute Gasteiger partial charge is 0.312 e. The average molecular weight is 374 g/mol. The number of hydrogen-bond donors (Lipinski definition) is 1. The van der Waals surface area contributed by atoms with Gasteiger partial charge in [0.1, 0.15) is 0 Å². The summed E-state index contributed by atoms with van der Waals surface area (Å²) in [7, 11) is -2.84. The summed E-state index contributed by atoms with van der Waals surface area (Å²) in [6, 6.07) is 20.1. The quantitative estimate of drug-likeness (QED) is 0.751. The van der Waals surface area contributed by atoms with Gasteiger partial charge in [-0.25, -0.2) is 0 Å². The molecule has 1 atom stereocenters. The van der Waals surface area contributed by atoms with Gasteiger partial charge in [-0.1, -0.05) is 74.5 Å². The van der Waals surface area contributed by atoms with Crippen molar-refractivity contribution in [1.29, 1.82) is 0 Å². The van der Waals surface area contributed by atoms with Gasteiger partial charge < -0.3 is 4.57 Å². The molecular weight excluding hydrogens is 345 g/mol. The Hall–Kier alpha value is -1.02. The van der Waals surface area contributed by atoms with Crippen molar-refractivity contribution in [2.75, 3.05) is 0 Å².